The van der Waals surface area contributed by atoms with Gasteiger partial charge in [0.05, 0.1) is 16.9 Å². The molecule has 2 aromatic rings. The van der Waals surface area contributed by atoms with Gasteiger partial charge in [-0.1, -0.05) is 6.92 Å². The topological polar surface area (TPSA) is 61.8 Å². The van der Waals surface area contributed by atoms with Gasteiger partial charge in [0.25, 0.3) is 0 Å². The molecule has 0 aliphatic carbocycles. The molecule has 0 fully saturated rings. The summed E-state index contributed by atoms with van der Waals surface area (Å²) in [6, 6.07) is 8.81. The minimum absolute atomic E-state index is 0.215. The molecule has 1 N–H and O–H groups in total. The van der Waals surface area contributed by atoms with E-state index in [2.05, 4.69) is 11.2 Å². The number of phenols is 1. The van der Waals surface area contributed by atoms with Gasteiger partial charge in [-0.3, -0.25) is 0 Å². The zero-order chi connectivity index (χ0) is 11.5. The van der Waals surface area contributed by atoms with Crippen LogP contribution in [0, 0.1) is 11.3 Å². The second kappa shape index (κ2) is 4.07. The van der Waals surface area contributed by atoms with E-state index in [9.17, 15) is 5.11 Å². The second-order valence-corrected chi connectivity index (χ2v) is 3.42. The Kier molecular flexibility index (Phi) is 2.61. The van der Waals surface area contributed by atoms with E-state index < -0.39 is 0 Å². The van der Waals surface area contributed by atoms with Crippen molar-refractivity contribution in [1.29, 1.82) is 5.26 Å². The molecule has 4 heteroatoms. The highest BCUT2D eigenvalue weighted by atomic mass is 16.3. The lowest BCUT2D eigenvalue weighted by atomic mass is 10.2. The number of hydrogen-bond donors (Lipinski definition) is 1. The Morgan fingerprint density at radius 3 is 2.56 bits per heavy atom. The maximum Gasteiger partial charge on any atom is 0.115 e. The molecule has 16 heavy (non-hydrogen) atoms. The molecule has 80 valence electrons. The van der Waals surface area contributed by atoms with Crippen LogP contribution in [0.2, 0.25) is 0 Å². The molecule has 0 atom stereocenters. The first kappa shape index (κ1) is 10.2. The van der Waals surface area contributed by atoms with E-state index in [1.807, 2.05) is 6.92 Å². The Bertz CT molecular complexity index is 534. The minimum Gasteiger partial charge on any atom is -0.508 e. The van der Waals surface area contributed by atoms with Crippen molar-refractivity contribution in [3.8, 4) is 17.5 Å². The van der Waals surface area contributed by atoms with Crippen molar-refractivity contribution in [3.05, 3.63) is 41.7 Å². The van der Waals surface area contributed by atoms with Crippen LogP contribution in [0.5, 0.6) is 5.75 Å². The SMILES string of the molecule is CCc1nn(-c2ccc(O)cc2)cc1C#N. The first-order chi connectivity index (χ1) is 7.74. The first-order valence-corrected chi connectivity index (χ1v) is 5.02. The highest BCUT2D eigenvalue weighted by molar-refractivity contribution is 5.39. The summed E-state index contributed by atoms with van der Waals surface area (Å²) in [5.74, 6) is 0.215. The molecule has 0 saturated carbocycles. The molecule has 1 aromatic carbocycles. The molecule has 0 aliphatic rings. The quantitative estimate of drug-likeness (QED) is 0.830. The number of nitrogens with zero attached hydrogens (tertiary/aromatic N) is 3. The molecule has 0 radical (unpaired) electrons. The van der Waals surface area contributed by atoms with E-state index in [1.165, 1.54) is 0 Å². The fourth-order valence-electron chi connectivity index (χ4n) is 1.50. The summed E-state index contributed by atoms with van der Waals surface area (Å²) >= 11 is 0. The molecule has 0 unspecified atom stereocenters. The second-order valence-electron chi connectivity index (χ2n) is 3.42. The van der Waals surface area contributed by atoms with E-state index in [0.717, 1.165) is 17.8 Å². The van der Waals surface area contributed by atoms with Crippen LogP contribution in [0.4, 0.5) is 0 Å². The number of nitriles is 1. The number of phenolic OH excluding ortho intramolecular Hbond substituents is 1. The molecule has 1 heterocycles. The molecule has 4 nitrogen and oxygen atoms in total. The summed E-state index contributed by atoms with van der Waals surface area (Å²) < 4.78 is 1.65. The predicted octanol–water partition coefficient (Wildman–Crippen LogP) is 2.01. The Hall–Kier alpha value is -2.28. The van der Waals surface area contributed by atoms with Gasteiger partial charge in [-0.15, -0.1) is 0 Å². The number of rotatable bonds is 2. The summed E-state index contributed by atoms with van der Waals surface area (Å²) in [4.78, 5) is 0. The Morgan fingerprint density at radius 2 is 2.06 bits per heavy atom. The van der Waals surface area contributed by atoms with Crippen molar-refractivity contribution < 1.29 is 5.11 Å². The van der Waals surface area contributed by atoms with Gasteiger partial charge in [-0.25, -0.2) is 4.68 Å². The fourth-order valence-corrected chi connectivity index (χ4v) is 1.50. The molecule has 0 aliphatic heterocycles. The number of benzene rings is 1. The van der Waals surface area contributed by atoms with Crippen LogP contribution < -0.4 is 0 Å². The van der Waals surface area contributed by atoms with Crippen molar-refractivity contribution in [2.24, 2.45) is 0 Å². The van der Waals surface area contributed by atoms with Crippen LogP contribution in [0.3, 0.4) is 0 Å². The maximum atomic E-state index is 9.17. The Balaban J connectivity index is 2.45. The molecular formula is C12H11N3O. The highest BCUT2D eigenvalue weighted by Crippen LogP contribution is 2.15. The third-order valence-electron chi connectivity index (χ3n) is 2.36. The van der Waals surface area contributed by atoms with Gasteiger partial charge in [0, 0.05) is 6.20 Å². The summed E-state index contributed by atoms with van der Waals surface area (Å²) in [7, 11) is 0. The molecule has 0 bridgehead atoms. The summed E-state index contributed by atoms with van der Waals surface area (Å²) in [5.41, 5.74) is 2.21. The molecule has 0 spiro atoms. The van der Waals surface area contributed by atoms with Gasteiger partial charge >= 0.3 is 0 Å². The van der Waals surface area contributed by atoms with Crippen molar-refractivity contribution in [1.82, 2.24) is 9.78 Å². The van der Waals surface area contributed by atoms with Crippen LogP contribution in [0.1, 0.15) is 18.2 Å². The lowest BCUT2D eigenvalue weighted by Gasteiger charge is -2.00. The zero-order valence-corrected chi connectivity index (χ0v) is 8.88. The summed E-state index contributed by atoms with van der Waals surface area (Å²) in [6.07, 6.45) is 2.43. The molecule has 2 rings (SSSR count). The molecule has 0 amide bonds. The van der Waals surface area contributed by atoms with Gasteiger partial charge in [0.2, 0.25) is 0 Å². The van der Waals surface area contributed by atoms with Crippen molar-refractivity contribution in [2.75, 3.05) is 0 Å². The number of aromatic nitrogens is 2. The number of aromatic hydroxyl groups is 1. The normalized spacial score (nSPS) is 10.0. The van der Waals surface area contributed by atoms with Crippen molar-refractivity contribution in [3.63, 3.8) is 0 Å². The lowest BCUT2D eigenvalue weighted by molar-refractivity contribution is 0.475. The van der Waals surface area contributed by atoms with Crippen LogP contribution in [-0.4, -0.2) is 14.9 Å². The monoisotopic (exact) mass is 213 g/mol. The largest absolute Gasteiger partial charge is 0.508 e. The third-order valence-corrected chi connectivity index (χ3v) is 2.36. The first-order valence-electron chi connectivity index (χ1n) is 5.02. The molecular weight excluding hydrogens is 202 g/mol. The van der Waals surface area contributed by atoms with E-state index in [4.69, 9.17) is 5.26 Å². The number of hydrogen-bond acceptors (Lipinski definition) is 3. The van der Waals surface area contributed by atoms with E-state index in [1.54, 1.807) is 35.1 Å². The highest BCUT2D eigenvalue weighted by Gasteiger charge is 2.07. The molecule has 1 aromatic heterocycles. The van der Waals surface area contributed by atoms with E-state index >= 15 is 0 Å². The van der Waals surface area contributed by atoms with Gasteiger partial charge in [-0.05, 0) is 30.7 Å². The van der Waals surface area contributed by atoms with Gasteiger partial charge < -0.3 is 5.11 Å². The predicted molar refractivity (Wildman–Crippen MR) is 59.3 cm³/mol. The Morgan fingerprint density at radius 1 is 1.38 bits per heavy atom. The van der Waals surface area contributed by atoms with Crippen molar-refractivity contribution >= 4 is 0 Å². The van der Waals surface area contributed by atoms with Crippen LogP contribution >= 0.6 is 0 Å². The zero-order valence-electron chi connectivity index (χ0n) is 8.88. The minimum atomic E-state index is 0.215. The van der Waals surface area contributed by atoms with E-state index in [-0.39, 0.29) is 5.75 Å². The van der Waals surface area contributed by atoms with Gasteiger partial charge in [0.15, 0.2) is 0 Å². The molecule has 0 saturated heterocycles. The van der Waals surface area contributed by atoms with Gasteiger partial charge in [0.1, 0.15) is 11.8 Å². The summed E-state index contributed by atoms with van der Waals surface area (Å²) in [6.45, 7) is 1.96. The van der Waals surface area contributed by atoms with E-state index in [0.29, 0.717) is 5.56 Å². The van der Waals surface area contributed by atoms with Gasteiger partial charge in [-0.2, -0.15) is 10.4 Å². The van der Waals surface area contributed by atoms with Crippen LogP contribution in [-0.2, 0) is 6.42 Å². The van der Waals surface area contributed by atoms with Crippen LogP contribution in [0.15, 0.2) is 30.5 Å². The average molecular weight is 213 g/mol. The maximum absolute atomic E-state index is 9.17. The average Bonchev–Trinajstić information content (AvgIpc) is 2.73. The Labute approximate surface area is 93.4 Å². The number of aryl methyl sites for hydroxylation is 1. The summed E-state index contributed by atoms with van der Waals surface area (Å²) in [5, 5.41) is 22.4. The smallest absolute Gasteiger partial charge is 0.115 e. The van der Waals surface area contributed by atoms with Crippen molar-refractivity contribution in [2.45, 2.75) is 13.3 Å². The van der Waals surface area contributed by atoms with Crippen LogP contribution in [0.25, 0.3) is 5.69 Å². The fraction of sp³-hybridized carbons (Fsp3) is 0.167. The lowest BCUT2D eigenvalue weighted by Crippen LogP contribution is -1.94. The standard InChI is InChI=1S/C12H11N3O/c1-2-12-9(7-13)8-15(14-12)10-3-5-11(16)6-4-10/h3-6,8,16H,2H2,1H3. The third kappa shape index (κ3) is 1.75.